The molecule has 0 spiro atoms. The number of rotatable bonds is 4. The third-order valence-corrected chi connectivity index (χ3v) is 2.85. The number of nitrogens with two attached hydrogens (primary N) is 1. The zero-order valence-electron chi connectivity index (χ0n) is 9.14. The molecule has 4 N–H and O–H groups in total. The summed E-state index contributed by atoms with van der Waals surface area (Å²) in [5, 5.41) is 8.10. The zero-order chi connectivity index (χ0) is 14.6. The topological polar surface area (TPSA) is 102 Å². The Morgan fingerprint density at radius 1 is 1.37 bits per heavy atom. The third kappa shape index (κ3) is 3.84. The van der Waals surface area contributed by atoms with Gasteiger partial charge >= 0.3 is 6.18 Å². The molecule has 0 saturated carbocycles. The van der Waals surface area contributed by atoms with Gasteiger partial charge in [-0.1, -0.05) is 0 Å². The first-order valence-electron chi connectivity index (χ1n) is 4.63. The van der Waals surface area contributed by atoms with Crippen molar-refractivity contribution in [1.82, 2.24) is 5.64 Å². The molecule has 1 rings (SSSR count). The van der Waals surface area contributed by atoms with Crippen molar-refractivity contribution in [2.75, 3.05) is 5.73 Å². The molecule has 0 saturated heterocycles. The minimum atomic E-state index is -4.71. The number of halogens is 3. The van der Waals surface area contributed by atoms with Crippen LogP contribution in [0.2, 0.25) is 0 Å². The van der Waals surface area contributed by atoms with E-state index in [0.29, 0.717) is 12.3 Å². The summed E-state index contributed by atoms with van der Waals surface area (Å²) in [5.74, 6) is 0. The fraction of sp³-hybridized carbons (Fsp3) is 0.111. The Morgan fingerprint density at radius 3 is 2.47 bits per heavy atom. The van der Waals surface area contributed by atoms with Gasteiger partial charge in [0, 0.05) is 0 Å². The van der Waals surface area contributed by atoms with Crippen LogP contribution in [-0.4, -0.2) is 13.6 Å². The van der Waals surface area contributed by atoms with Gasteiger partial charge < -0.3 is 10.6 Å². The Kier molecular flexibility index (Phi) is 4.75. The van der Waals surface area contributed by atoms with E-state index in [0.717, 1.165) is 12.1 Å². The summed E-state index contributed by atoms with van der Waals surface area (Å²) < 4.78 is 59.8. The molecule has 0 heterocycles. The lowest BCUT2D eigenvalue weighted by Crippen LogP contribution is -2.10. The number of hydrogen-bond acceptors (Lipinski definition) is 6. The summed E-state index contributed by atoms with van der Waals surface area (Å²) in [5.41, 5.74) is 4.40. The molecule has 6 nitrogen and oxygen atoms in total. The highest BCUT2D eigenvalue weighted by Gasteiger charge is 2.33. The van der Waals surface area contributed by atoms with Crippen molar-refractivity contribution in [2.45, 2.75) is 11.1 Å². The smallest absolute Gasteiger partial charge is 0.398 e. The van der Waals surface area contributed by atoms with Gasteiger partial charge in [0.15, 0.2) is 10.7 Å². The van der Waals surface area contributed by atoms with Gasteiger partial charge in [0.1, 0.15) is 6.26 Å². The highest BCUT2D eigenvalue weighted by Crippen LogP contribution is 2.35. The van der Waals surface area contributed by atoms with Gasteiger partial charge in [0.05, 0.1) is 16.1 Å². The van der Waals surface area contributed by atoms with E-state index in [2.05, 4.69) is 4.84 Å². The van der Waals surface area contributed by atoms with Crippen LogP contribution in [0.5, 0.6) is 0 Å². The molecule has 10 heteroatoms. The maximum absolute atomic E-state index is 12.7. The van der Waals surface area contributed by atoms with Crippen molar-refractivity contribution >= 4 is 22.5 Å². The van der Waals surface area contributed by atoms with Gasteiger partial charge in [-0.05, 0) is 29.4 Å². The molecule has 1 aromatic carbocycles. The first kappa shape index (κ1) is 15.3. The molecule has 19 heavy (non-hydrogen) atoms. The second-order valence-corrected chi connectivity index (χ2v) is 4.26. The minimum Gasteiger partial charge on any atom is -0.398 e. The van der Waals surface area contributed by atoms with Crippen LogP contribution in [0.25, 0.3) is 6.08 Å². The van der Waals surface area contributed by atoms with E-state index in [-0.39, 0.29) is 0 Å². The maximum Gasteiger partial charge on any atom is 0.417 e. The normalized spacial score (nSPS) is 12.3. The molecule has 0 bridgehead atoms. The lowest BCUT2D eigenvalue weighted by molar-refractivity contribution is -0.137. The second-order valence-electron chi connectivity index (χ2n) is 3.27. The summed E-state index contributed by atoms with van der Waals surface area (Å²) in [4.78, 5) is 3.68. The summed E-state index contributed by atoms with van der Waals surface area (Å²) in [6, 6.07) is 1.29. The number of nitrogen functional groups attached to an aromatic ring is 1. The molecule has 0 atom stereocenters. The SMILES string of the molecule is Nc1cc(C(F)(F)F)c(/C=C/ONO)cc1[SH](=O)=O. The fourth-order valence-electron chi connectivity index (χ4n) is 1.30. The van der Waals surface area contributed by atoms with Crippen LogP contribution in [0, 0.1) is 0 Å². The molecule has 0 aliphatic carbocycles. The van der Waals surface area contributed by atoms with Crippen LogP contribution < -0.4 is 11.4 Å². The van der Waals surface area contributed by atoms with Gasteiger partial charge in [0.25, 0.3) is 0 Å². The van der Waals surface area contributed by atoms with Crippen LogP contribution in [0.1, 0.15) is 11.1 Å². The van der Waals surface area contributed by atoms with E-state index in [1.807, 2.05) is 0 Å². The predicted octanol–water partition coefficient (Wildman–Crippen LogP) is 1.14. The van der Waals surface area contributed by atoms with Crippen LogP contribution in [0.15, 0.2) is 23.3 Å². The van der Waals surface area contributed by atoms with E-state index >= 15 is 0 Å². The largest absolute Gasteiger partial charge is 0.417 e. The monoisotopic (exact) mass is 298 g/mol. The molecule has 0 amide bonds. The second kappa shape index (κ2) is 5.91. The predicted molar refractivity (Wildman–Crippen MR) is 59.5 cm³/mol. The quantitative estimate of drug-likeness (QED) is 0.288. The maximum atomic E-state index is 12.7. The Labute approximate surface area is 107 Å². The summed E-state index contributed by atoms with van der Waals surface area (Å²) >= 11 is 0. The van der Waals surface area contributed by atoms with Gasteiger partial charge in [-0.25, -0.2) is 8.42 Å². The van der Waals surface area contributed by atoms with Crippen molar-refractivity contribution in [3.05, 3.63) is 29.5 Å². The van der Waals surface area contributed by atoms with E-state index < -0.39 is 38.6 Å². The first-order chi connectivity index (χ1) is 8.77. The Morgan fingerprint density at radius 2 is 2.00 bits per heavy atom. The van der Waals surface area contributed by atoms with Crippen molar-refractivity contribution < 1.29 is 31.6 Å². The third-order valence-electron chi connectivity index (χ3n) is 2.07. The van der Waals surface area contributed by atoms with Gasteiger partial charge in [-0.3, -0.25) is 5.21 Å². The zero-order valence-corrected chi connectivity index (χ0v) is 10.0. The molecular formula is C9H9F3N2O4S. The number of nitrogens with one attached hydrogen (secondary N) is 1. The van der Waals surface area contributed by atoms with Crippen LogP contribution in [-0.2, 0) is 21.7 Å². The number of alkyl halides is 3. The van der Waals surface area contributed by atoms with Crippen LogP contribution in [0.3, 0.4) is 0 Å². The van der Waals surface area contributed by atoms with Gasteiger partial charge in [-0.2, -0.15) is 13.2 Å². The van der Waals surface area contributed by atoms with Crippen molar-refractivity contribution in [3.8, 4) is 0 Å². The lowest BCUT2D eigenvalue weighted by atomic mass is 10.1. The molecule has 0 fully saturated rings. The molecule has 0 aliphatic rings. The highest BCUT2D eigenvalue weighted by molar-refractivity contribution is 7.72. The van der Waals surface area contributed by atoms with Crippen molar-refractivity contribution in [1.29, 1.82) is 0 Å². The standard InChI is InChI=1S/C9H9F3N2O4S/c10-9(11,12)6-4-7(13)8(19(16)17)3-5(6)1-2-18-14-15/h1-4,14-15,19H,13H2/b2-1+. The van der Waals surface area contributed by atoms with E-state index in [4.69, 9.17) is 10.9 Å². The van der Waals surface area contributed by atoms with Crippen molar-refractivity contribution in [3.63, 3.8) is 0 Å². The van der Waals surface area contributed by atoms with E-state index in [1.54, 1.807) is 0 Å². The van der Waals surface area contributed by atoms with Gasteiger partial charge in [0.2, 0.25) is 0 Å². The number of thiol groups is 1. The van der Waals surface area contributed by atoms with Crippen LogP contribution in [0.4, 0.5) is 18.9 Å². The molecule has 0 radical (unpaired) electrons. The van der Waals surface area contributed by atoms with Crippen molar-refractivity contribution in [2.24, 2.45) is 0 Å². The van der Waals surface area contributed by atoms with E-state index in [1.165, 1.54) is 5.64 Å². The molecule has 0 aromatic heterocycles. The fourth-order valence-corrected chi connectivity index (χ4v) is 1.82. The number of anilines is 1. The highest BCUT2D eigenvalue weighted by atomic mass is 32.2. The Bertz CT molecular complexity index is 561. The average molecular weight is 298 g/mol. The average Bonchev–Trinajstić information content (AvgIpc) is 2.29. The molecule has 1 aromatic rings. The van der Waals surface area contributed by atoms with Gasteiger partial charge in [-0.15, -0.1) is 0 Å². The number of benzene rings is 1. The summed E-state index contributed by atoms with van der Waals surface area (Å²) in [6.45, 7) is 0. The first-order valence-corrected chi connectivity index (χ1v) is 5.81. The van der Waals surface area contributed by atoms with E-state index in [9.17, 15) is 21.6 Å². The Hall–Kier alpha value is -1.78. The lowest BCUT2D eigenvalue weighted by Gasteiger charge is -2.12. The molecule has 106 valence electrons. The summed E-state index contributed by atoms with van der Waals surface area (Å²) in [7, 11) is -3.13. The Balaban J connectivity index is 3.42. The summed E-state index contributed by atoms with van der Waals surface area (Å²) in [6.07, 6.45) is -3.18. The molecule has 0 unspecified atom stereocenters. The minimum absolute atomic E-state index is 0.431. The molecular weight excluding hydrogens is 289 g/mol. The molecule has 0 aliphatic heterocycles. The van der Waals surface area contributed by atoms with Crippen LogP contribution >= 0.6 is 0 Å². The number of hydrogen-bond donors (Lipinski definition) is 4.